The van der Waals surface area contributed by atoms with Gasteiger partial charge in [0.1, 0.15) is 12.3 Å². The van der Waals surface area contributed by atoms with Crippen LogP contribution in [0.1, 0.15) is 6.92 Å². The zero-order chi connectivity index (χ0) is 6.91. The van der Waals surface area contributed by atoms with Gasteiger partial charge in [0.25, 0.3) is 5.92 Å². The van der Waals surface area contributed by atoms with Gasteiger partial charge in [0, 0.05) is 6.92 Å². The summed E-state index contributed by atoms with van der Waals surface area (Å²) < 4.78 is 24.4. The molecule has 0 amide bonds. The molecule has 1 heterocycles. The molecule has 0 bridgehead atoms. The van der Waals surface area contributed by atoms with Gasteiger partial charge in [-0.2, -0.15) is 5.11 Å². The molecule has 0 aromatic carbocycles. The Labute approximate surface area is 50.5 Å². The summed E-state index contributed by atoms with van der Waals surface area (Å²) in [6.07, 6.45) is 0. The van der Waals surface area contributed by atoms with Crippen LogP contribution >= 0.6 is 0 Å². The van der Waals surface area contributed by atoms with Gasteiger partial charge >= 0.3 is 0 Å². The second-order valence-electron chi connectivity index (χ2n) is 1.82. The van der Waals surface area contributed by atoms with Crippen LogP contribution in [0.4, 0.5) is 8.78 Å². The number of alkyl halides is 2. The lowest BCUT2D eigenvalue weighted by Gasteiger charge is -2.05. The van der Waals surface area contributed by atoms with Gasteiger partial charge in [-0.1, -0.05) is 0 Å². The van der Waals surface area contributed by atoms with E-state index >= 15 is 0 Å². The fourth-order valence-corrected chi connectivity index (χ4v) is 0.442. The Morgan fingerprint density at radius 3 is 2.44 bits per heavy atom. The van der Waals surface area contributed by atoms with Gasteiger partial charge in [0.2, 0.25) is 0 Å². The summed E-state index contributed by atoms with van der Waals surface area (Å²) in [5, 5.41) is 9.47. The number of hydrogen-bond acceptors (Lipinski definition) is 3. The quantitative estimate of drug-likeness (QED) is 0.519. The molecule has 0 atom stereocenters. The van der Waals surface area contributed by atoms with E-state index in [1.807, 2.05) is 0 Å². The zero-order valence-corrected chi connectivity index (χ0v) is 4.80. The first-order chi connectivity index (χ1) is 4.11. The first-order valence-corrected chi connectivity index (χ1v) is 2.42. The van der Waals surface area contributed by atoms with Crippen LogP contribution < -0.4 is 0 Å². The molecule has 0 radical (unpaired) electrons. The van der Waals surface area contributed by atoms with Crippen LogP contribution in [0.25, 0.3) is 0 Å². The highest BCUT2D eigenvalue weighted by atomic mass is 19.3. The Bertz CT molecular complexity index is 167. The van der Waals surface area contributed by atoms with E-state index in [1.165, 1.54) is 0 Å². The number of halogens is 2. The van der Waals surface area contributed by atoms with Gasteiger partial charge < -0.3 is 0 Å². The van der Waals surface area contributed by atoms with Crippen molar-refractivity contribution >= 4 is 5.71 Å². The summed E-state index contributed by atoms with van der Waals surface area (Å²) in [7, 11) is 0. The average molecular weight is 133 g/mol. The highest BCUT2D eigenvalue weighted by Crippen LogP contribution is 2.17. The van der Waals surface area contributed by atoms with Crippen LogP contribution in [0.15, 0.2) is 15.4 Å². The minimum absolute atomic E-state index is 0.0660. The van der Waals surface area contributed by atoms with Gasteiger partial charge in [-0.15, -0.1) is 5.10 Å². The number of rotatable bonds is 1. The predicted octanol–water partition coefficient (Wildman–Crippen LogP) is 1.46. The van der Waals surface area contributed by atoms with Crippen molar-refractivity contribution in [3.05, 3.63) is 0 Å². The van der Waals surface area contributed by atoms with Gasteiger partial charge in [-0.3, -0.25) is 0 Å². The van der Waals surface area contributed by atoms with Crippen molar-refractivity contribution in [1.82, 2.24) is 0 Å². The minimum Gasteiger partial charge on any atom is -0.200 e. The van der Waals surface area contributed by atoms with E-state index in [2.05, 4.69) is 15.4 Å². The SMILES string of the molecule is CC(F)(F)C1=NN=NC1. The number of nitrogens with zero attached hydrogens (tertiary/aromatic N) is 3. The molecule has 0 fully saturated rings. The second-order valence-corrected chi connectivity index (χ2v) is 1.82. The van der Waals surface area contributed by atoms with Crippen LogP contribution in [0.3, 0.4) is 0 Å². The fourth-order valence-electron chi connectivity index (χ4n) is 0.442. The smallest absolute Gasteiger partial charge is 0.200 e. The van der Waals surface area contributed by atoms with Gasteiger partial charge in [0.05, 0.1) is 0 Å². The third-order valence-electron chi connectivity index (χ3n) is 0.956. The molecular formula is C4H5F2N3. The maximum Gasteiger partial charge on any atom is 0.287 e. The molecule has 0 spiro atoms. The van der Waals surface area contributed by atoms with Gasteiger partial charge in [-0.05, 0) is 5.22 Å². The van der Waals surface area contributed by atoms with Crippen LogP contribution in [0.2, 0.25) is 0 Å². The standard InChI is InChI=1S/C4H5F2N3/c1-4(5,6)3-2-7-9-8-3/h2H2,1H3. The molecule has 0 N–H and O–H groups in total. The normalized spacial score (nSPS) is 18.3. The second kappa shape index (κ2) is 1.82. The maximum atomic E-state index is 12.2. The van der Waals surface area contributed by atoms with Crippen molar-refractivity contribution in [1.29, 1.82) is 0 Å². The summed E-state index contributed by atoms with van der Waals surface area (Å²) in [6, 6.07) is 0. The highest BCUT2D eigenvalue weighted by Gasteiger charge is 2.31. The van der Waals surface area contributed by atoms with E-state index in [9.17, 15) is 8.78 Å². The van der Waals surface area contributed by atoms with Crippen LogP contribution in [0, 0.1) is 0 Å². The lowest BCUT2D eigenvalue weighted by molar-refractivity contribution is 0.0995. The first kappa shape index (κ1) is 6.25. The van der Waals surface area contributed by atoms with Crippen molar-refractivity contribution in [2.75, 3.05) is 6.54 Å². The van der Waals surface area contributed by atoms with Gasteiger partial charge in [-0.25, -0.2) is 8.78 Å². The Kier molecular flexibility index (Phi) is 1.27. The van der Waals surface area contributed by atoms with E-state index in [0.717, 1.165) is 6.92 Å². The monoisotopic (exact) mass is 133 g/mol. The topological polar surface area (TPSA) is 37.1 Å². The molecule has 0 aromatic rings. The van der Waals surface area contributed by atoms with E-state index in [1.54, 1.807) is 0 Å². The first-order valence-electron chi connectivity index (χ1n) is 2.42. The maximum absolute atomic E-state index is 12.2. The van der Waals surface area contributed by atoms with Crippen molar-refractivity contribution < 1.29 is 8.78 Å². The Balaban J connectivity index is 2.66. The van der Waals surface area contributed by atoms with E-state index in [0.29, 0.717) is 0 Å². The molecule has 3 nitrogen and oxygen atoms in total. The summed E-state index contributed by atoms with van der Waals surface area (Å²) in [5.74, 6) is -2.86. The molecule has 1 rings (SSSR count). The molecule has 1 aliphatic heterocycles. The third kappa shape index (κ3) is 1.28. The largest absolute Gasteiger partial charge is 0.287 e. The van der Waals surface area contributed by atoms with Crippen LogP contribution in [-0.4, -0.2) is 18.2 Å². The molecule has 0 saturated carbocycles. The van der Waals surface area contributed by atoms with Crippen molar-refractivity contribution in [2.45, 2.75) is 12.8 Å². The molecule has 0 unspecified atom stereocenters. The van der Waals surface area contributed by atoms with E-state index in [-0.39, 0.29) is 12.3 Å². The summed E-state index contributed by atoms with van der Waals surface area (Å²) in [4.78, 5) is 0. The van der Waals surface area contributed by atoms with E-state index < -0.39 is 5.92 Å². The molecular weight excluding hydrogens is 128 g/mol. The van der Waals surface area contributed by atoms with Crippen molar-refractivity contribution in [3.8, 4) is 0 Å². The van der Waals surface area contributed by atoms with Crippen LogP contribution in [0.5, 0.6) is 0 Å². The molecule has 0 aromatic heterocycles. The predicted molar refractivity (Wildman–Crippen MR) is 27.8 cm³/mol. The average Bonchev–Trinajstić information content (AvgIpc) is 2.08. The Morgan fingerprint density at radius 2 is 2.22 bits per heavy atom. The Hall–Kier alpha value is -0.870. The van der Waals surface area contributed by atoms with Crippen molar-refractivity contribution in [2.24, 2.45) is 15.4 Å². The highest BCUT2D eigenvalue weighted by molar-refractivity contribution is 5.93. The number of hydrogen-bond donors (Lipinski definition) is 0. The molecule has 0 aliphatic carbocycles. The minimum atomic E-state index is -2.86. The summed E-state index contributed by atoms with van der Waals surface area (Å²) in [5.41, 5.74) is -0.262. The molecule has 50 valence electrons. The van der Waals surface area contributed by atoms with Crippen LogP contribution in [-0.2, 0) is 0 Å². The lowest BCUT2D eigenvalue weighted by atomic mass is 10.2. The van der Waals surface area contributed by atoms with E-state index in [4.69, 9.17) is 0 Å². The molecule has 5 heteroatoms. The van der Waals surface area contributed by atoms with Gasteiger partial charge in [0.15, 0.2) is 0 Å². The Morgan fingerprint density at radius 1 is 1.56 bits per heavy atom. The van der Waals surface area contributed by atoms with Crippen molar-refractivity contribution in [3.63, 3.8) is 0 Å². The summed E-state index contributed by atoms with van der Waals surface area (Å²) >= 11 is 0. The zero-order valence-electron chi connectivity index (χ0n) is 4.80. The lowest BCUT2D eigenvalue weighted by Crippen LogP contribution is -2.25. The molecule has 9 heavy (non-hydrogen) atoms. The third-order valence-corrected chi connectivity index (χ3v) is 0.956. The molecule has 0 saturated heterocycles. The fraction of sp³-hybridized carbons (Fsp3) is 0.750. The summed E-state index contributed by atoms with van der Waals surface area (Å²) in [6.45, 7) is 0.714. The molecule has 1 aliphatic rings.